The SMILES string of the molecule is CC(C)(C)[C@H](NC(=O)CCOCCN1CCC(COc2ccc(N3C(=S)N(c4ccc(C#N)c(C(F)(F)F)c4)C(=O)C3(C)C)cc2)CC1)C(=O)N1C[C@H](O)C[C@H]1C(=O)NCc1ccc(-c2cncs2)cc1. The first-order valence-electron chi connectivity index (χ1n) is 23.5. The van der Waals surface area contributed by atoms with Crippen LogP contribution in [0.1, 0.15) is 77.0 Å². The second-order valence-corrected chi connectivity index (χ2v) is 20.9. The Bertz CT molecular complexity index is 2590. The Morgan fingerprint density at radius 3 is 2.34 bits per heavy atom. The first-order chi connectivity index (χ1) is 33.6. The fraction of sp³-hybridized carbons (Fsp3) is 0.471. The molecule has 3 aliphatic heterocycles. The van der Waals surface area contributed by atoms with Gasteiger partial charge in [-0.05, 0) is 117 Å². The van der Waals surface area contributed by atoms with Crippen molar-refractivity contribution in [3.8, 4) is 22.3 Å². The van der Waals surface area contributed by atoms with Gasteiger partial charge in [0.1, 0.15) is 23.4 Å². The van der Waals surface area contributed by atoms with E-state index in [0.717, 1.165) is 59.0 Å². The number of aliphatic hydroxyl groups is 1. The van der Waals surface area contributed by atoms with Crippen molar-refractivity contribution in [1.82, 2.24) is 25.4 Å². The molecular formula is C51H59F3N8O7S2. The Labute approximate surface area is 420 Å². The molecule has 3 N–H and O–H groups in total. The molecule has 7 rings (SSSR count). The van der Waals surface area contributed by atoms with Gasteiger partial charge < -0.3 is 39.9 Å². The maximum atomic E-state index is 14.0. The van der Waals surface area contributed by atoms with Crippen LogP contribution in [0.25, 0.3) is 10.4 Å². The van der Waals surface area contributed by atoms with Gasteiger partial charge >= 0.3 is 6.18 Å². The van der Waals surface area contributed by atoms with Crippen molar-refractivity contribution in [2.45, 2.75) is 96.7 Å². The number of thiazole rings is 1. The number of alkyl halides is 3. The topological polar surface area (TPSA) is 181 Å². The standard InChI is InChI=1S/C51H59F3N8O7S2/c1-49(2,3)44(46(66)60-29-38(63)25-41(60)45(65)57-27-32-6-8-34(9-7-32)42-28-56-31-71-42)58-43(64)18-22-68-23-21-59-19-16-33(17-20-59)30-69-39-14-12-36(13-15-39)62-48(70)61(47(67)50(62,4)5)37-11-10-35(26-55)40(24-37)51(52,53)54/h6-15,24,28,31,33,38,41,44,63H,16-23,25,27,29-30H2,1-5H3,(H,57,65)(H,58,64)/t38-,41+,44-/m1/s1. The van der Waals surface area contributed by atoms with E-state index in [2.05, 4.69) is 20.5 Å². The summed E-state index contributed by atoms with van der Waals surface area (Å²) in [4.78, 5) is 65.7. The zero-order chi connectivity index (χ0) is 51.3. The molecule has 0 unspecified atom stereocenters. The highest BCUT2D eigenvalue weighted by Crippen LogP contribution is 2.40. The highest BCUT2D eigenvalue weighted by atomic mass is 32.1. The number of nitriles is 1. The van der Waals surface area contributed by atoms with Gasteiger partial charge in [0.2, 0.25) is 17.7 Å². The predicted molar refractivity (Wildman–Crippen MR) is 266 cm³/mol. The predicted octanol–water partition coefficient (Wildman–Crippen LogP) is 6.92. The lowest BCUT2D eigenvalue weighted by atomic mass is 9.85. The van der Waals surface area contributed by atoms with Crippen molar-refractivity contribution in [3.63, 3.8) is 0 Å². The first-order valence-corrected chi connectivity index (χ1v) is 24.8. The van der Waals surface area contributed by atoms with E-state index in [1.165, 1.54) is 22.3 Å². The van der Waals surface area contributed by atoms with Crippen LogP contribution in [0.4, 0.5) is 24.5 Å². The number of nitrogens with zero attached hydrogens (tertiary/aromatic N) is 6. The molecule has 0 aliphatic carbocycles. The van der Waals surface area contributed by atoms with Crippen molar-refractivity contribution in [2.24, 2.45) is 11.3 Å². The number of piperidine rings is 1. The van der Waals surface area contributed by atoms with Crippen LogP contribution < -0.4 is 25.2 Å². The van der Waals surface area contributed by atoms with Crippen LogP contribution in [0.15, 0.2) is 78.4 Å². The molecule has 0 bridgehead atoms. The number of anilines is 2. The quantitative estimate of drug-likeness (QED) is 0.0735. The van der Waals surface area contributed by atoms with E-state index >= 15 is 0 Å². The lowest BCUT2D eigenvalue weighted by molar-refractivity contribution is -0.144. The van der Waals surface area contributed by atoms with Crippen LogP contribution in [0.2, 0.25) is 0 Å². The largest absolute Gasteiger partial charge is 0.493 e. The van der Waals surface area contributed by atoms with Crippen LogP contribution in [0.5, 0.6) is 5.75 Å². The number of hydrogen-bond acceptors (Lipinski definition) is 12. The summed E-state index contributed by atoms with van der Waals surface area (Å²) in [5, 5.41) is 25.6. The molecule has 3 atom stereocenters. The molecule has 3 aromatic carbocycles. The zero-order valence-corrected chi connectivity index (χ0v) is 42.0. The number of nitrogens with one attached hydrogen (secondary N) is 2. The minimum atomic E-state index is -4.80. The van der Waals surface area contributed by atoms with E-state index in [-0.39, 0.29) is 55.2 Å². The van der Waals surface area contributed by atoms with Gasteiger partial charge in [-0.1, -0.05) is 45.0 Å². The average molecular weight is 1020 g/mol. The molecule has 0 saturated carbocycles. The highest BCUT2D eigenvalue weighted by molar-refractivity contribution is 7.81. The molecule has 3 saturated heterocycles. The van der Waals surface area contributed by atoms with Gasteiger partial charge in [0.05, 0.1) is 59.2 Å². The molecule has 71 heavy (non-hydrogen) atoms. The summed E-state index contributed by atoms with van der Waals surface area (Å²) in [6.07, 6.45) is -1.94. The third-order valence-electron chi connectivity index (χ3n) is 13.1. The first kappa shape index (κ1) is 52.8. The van der Waals surface area contributed by atoms with E-state index < -0.39 is 58.3 Å². The van der Waals surface area contributed by atoms with E-state index in [1.807, 2.05) is 45.0 Å². The van der Waals surface area contributed by atoms with Gasteiger partial charge in [-0.15, -0.1) is 11.3 Å². The summed E-state index contributed by atoms with van der Waals surface area (Å²) in [6, 6.07) is 17.6. The third-order valence-corrected chi connectivity index (χ3v) is 14.3. The number of likely N-dealkylation sites (tertiary alicyclic amines) is 2. The third kappa shape index (κ3) is 12.6. The lowest BCUT2D eigenvalue weighted by Crippen LogP contribution is -2.57. The number of thiocarbonyl (C=S) groups is 1. The van der Waals surface area contributed by atoms with Gasteiger partial charge in [0.15, 0.2) is 5.11 Å². The number of carbonyl (C=O) groups is 4. The van der Waals surface area contributed by atoms with E-state index in [9.17, 15) is 42.7 Å². The van der Waals surface area contributed by atoms with Gasteiger partial charge in [-0.25, -0.2) is 0 Å². The minimum Gasteiger partial charge on any atom is -0.493 e. The smallest absolute Gasteiger partial charge is 0.417 e. The summed E-state index contributed by atoms with van der Waals surface area (Å²) >= 11 is 7.20. The van der Waals surface area contributed by atoms with Crippen molar-refractivity contribution in [3.05, 3.63) is 95.1 Å². The Morgan fingerprint density at radius 2 is 1.70 bits per heavy atom. The number of β-amino-alcohol motifs (C(OH)–C–C–N with tert-alkyl or cyclic N) is 1. The van der Waals surface area contributed by atoms with Gasteiger partial charge in [-0.2, -0.15) is 18.4 Å². The maximum absolute atomic E-state index is 14.0. The number of aliphatic hydroxyl groups excluding tert-OH is 1. The number of amides is 4. The Morgan fingerprint density at radius 1 is 1.01 bits per heavy atom. The number of carbonyl (C=O) groups excluding carboxylic acids is 4. The van der Waals surface area contributed by atoms with Crippen LogP contribution in [-0.2, 0) is 36.6 Å². The molecular weight excluding hydrogens is 958 g/mol. The molecule has 4 amide bonds. The van der Waals surface area contributed by atoms with Gasteiger partial charge in [0, 0.05) is 44.4 Å². The summed E-state index contributed by atoms with van der Waals surface area (Å²) in [7, 11) is 0. The van der Waals surface area contributed by atoms with E-state index in [1.54, 1.807) is 60.8 Å². The Balaban J connectivity index is 0.810. The van der Waals surface area contributed by atoms with Crippen molar-refractivity contribution in [2.75, 3.05) is 55.8 Å². The van der Waals surface area contributed by atoms with Crippen molar-refractivity contribution < 1.29 is 46.9 Å². The van der Waals surface area contributed by atoms with Crippen molar-refractivity contribution >= 4 is 63.7 Å². The number of benzene rings is 3. The summed E-state index contributed by atoms with van der Waals surface area (Å²) in [5.74, 6) is -0.743. The molecule has 20 heteroatoms. The zero-order valence-electron chi connectivity index (χ0n) is 40.3. The van der Waals surface area contributed by atoms with E-state index in [0.29, 0.717) is 37.1 Å². The van der Waals surface area contributed by atoms with Crippen LogP contribution in [0.3, 0.4) is 0 Å². The fourth-order valence-corrected chi connectivity index (χ4v) is 10.2. The molecule has 15 nitrogen and oxygen atoms in total. The molecule has 3 aliphatic rings. The number of rotatable bonds is 17. The molecule has 378 valence electrons. The monoisotopic (exact) mass is 1020 g/mol. The summed E-state index contributed by atoms with van der Waals surface area (Å²) < 4.78 is 53.3. The number of ether oxygens (including phenoxy) is 2. The van der Waals surface area contributed by atoms with Crippen LogP contribution in [0, 0.1) is 22.7 Å². The Kier molecular flexibility index (Phi) is 16.5. The van der Waals surface area contributed by atoms with Crippen molar-refractivity contribution in [1.29, 1.82) is 5.26 Å². The summed E-state index contributed by atoms with van der Waals surface area (Å²) in [5.41, 5.74) is 0.553. The lowest BCUT2D eigenvalue weighted by Gasteiger charge is -2.35. The molecule has 4 heterocycles. The average Bonchev–Trinajstić information content (AvgIpc) is 4.06. The normalized spacial score (nSPS) is 19.2. The minimum absolute atomic E-state index is 0.00758. The van der Waals surface area contributed by atoms with E-state index in [4.69, 9.17) is 21.7 Å². The molecule has 1 aromatic heterocycles. The number of halogens is 3. The number of aromatic nitrogens is 1. The number of hydrogen-bond donors (Lipinski definition) is 3. The highest BCUT2D eigenvalue weighted by Gasteiger charge is 2.51. The van der Waals surface area contributed by atoms with Crippen LogP contribution >= 0.6 is 23.6 Å². The van der Waals surface area contributed by atoms with Crippen LogP contribution in [-0.4, -0.2) is 118 Å². The molecule has 4 aromatic rings. The second kappa shape index (κ2) is 22.2. The Hall–Kier alpha value is -5.98. The summed E-state index contributed by atoms with van der Waals surface area (Å²) in [6.45, 7) is 12.5. The molecule has 0 radical (unpaired) electrons. The fourth-order valence-electron chi connectivity index (χ4n) is 9.01. The molecule has 3 fully saturated rings. The van der Waals surface area contributed by atoms with Gasteiger partial charge in [0.25, 0.3) is 5.91 Å². The van der Waals surface area contributed by atoms with Gasteiger partial charge in [-0.3, -0.25) is 29.1 Å². The second-order valence-electron chi connectivity index (χ2n) is 19.7. The molecule has 0 spiro atoms. The maximum Gasteiger partial charge on any atom is 0.417 e.